The molecule has 0 bridgehead atoms. The van der Waals surface area contributed by atoms with Gasteiger partial charge in [-0.3, -0.25) is 0 Å². The van der Waals surface area contributed by atoms with Crippen molar-refractivity contribution < 1.29 is 28.5 Å². The van der Waals surface area contributed by atoms with Crippen LogP contribution in [0, 0.1) is 0 Å². The van der Waals surface area contributed by atoms with Gasteiger partial charge in [0.2, 0.25) is 0 Å². The Hall–Kier alpha value is -3.74. The molecule has 7 nitrogen and oxygen atoms in total. The van der Waals surface area contributed by atoms with Gasteiger partial charge in [-0.15, -0.1) is 0 Å². The summed E-state index contributed by atoms with van der Waals surface area (Å²) in [5, 5.41) is 0. The van der Waals surface area contributed by atoms with Gasteiger partial charge < -0.3 is 23.8 Å². The summed E-state index contributed by atoms with van der Waals surface area (Å²) in [4.78, 5) is 27.9. The maximum Gasteiger partial charge on any atom is 0.336 e. The summed E-state index contributed by atoms with van der Waals surface area (Å²) in [6.07, 6.45) is 3.41. The molecule has 0 atom stereocenters. The Balaban J connectivity index is 2.12. The lowest BCUT2D eigenvalue weighted by molar-refractivity contribution is -0.139. The number of esters is 2. The van der Waals surface area contributed by atoms with E-state index in [-0.39, 0.29) is 13.2 Å². The summed E-state index contributed by atoms with van der Waals surface area (Å²) >= 11 is 0. The van der Waals surface area contributed by atoms with Gasteiger partial charge in [0.15, 0.2) is 0 Å². The lowest BCUT2D eigenvalue weighted by Crippen LogP contribution is -2.29. The first-order chi connectivity index (χ1) is 16.5. The maximum absolute atomic E-state index is 13.1. The zero-order chi connectivity index (χ0) is 24.5. The third-order valence-corrected chi connectivity index (χ3v) is 5.15. The quantitative estimate of drug-likeness (QED) is 0.458. The zero-order valence-corrected chi connectivity index (χ0v) is 20.1. The van der Waals surface area contributed by atoms with Crippen LogP contribution >= 0.6 is 0 Å². The van der Waals surface area contributed by atoms with E-state index >= 15 is 0 Å². The monoisotopic (exact) mass is 465 g/mol. The largest absolute Gasteiger partial charge is 0.494 e. The minimum Gasteiger partial charge on any atom is -0.494 e. The fraction of sp³-hybridized carbons (Fsp3) is 0.333. The number of hydrogen-bond acceptors (Lipinski definition) is 7. The third kappa shape index (κ3) is 5.78. The minimum atomic E-state index is -0.669. The first-order valence-electron chi connectivity index (χ1n) is 11.5. The predicted octanol–water partition coefficient (Wildman–Crippen LogP) is 4.98. The van der Waals surface area contributed by atoms with Gasteiger partial charge >= 0.3 is 11.9 Å². The summed E-state index contributed by atoms with van der Waals surface area (Å²) in [6.45, 7) is 8.80. The number of anilines is 1. The second-order valence-electron chi connectivity index (χ2n) is 7.38. The Morgan fingerprint density at radius 1 is 0.735 bits per heavy atom. The van der Waals surface area contributed by atoms with E-state index in [2.05, 4.69) is 0 Å². The Morgan fingerprint density at radius 3 is 1.82 bits per heavy atom. The first-order valence-corrected chi connectivity index (χ1v) is 11.5. The van der Waals surface area contributed by atoms with Gasteiger partial charge in [-0.05, 0) is 69.7 Å². The van der Waals surface area contributed by atoms with Gasteiger partial charge in [0.25, 0.3) is 0 Å². The smallest absolute Gasteiger partial charge is 0.336 e. The van der Waals surface area contributed by atoms with Crippen LogP contribution in [0.3, 0.4) is 0 Å². The molecular weight excluding hydrogens is 434 g/mol. The van der Waals surface area contributed by atoms with Crippen LogP contribution in [0.15, 0.2) is 72.1 Å². The standard InChI is InChI=1S/C27H31NO6/c1-5-31-21-14-12-20(13-15-21)28-17-23(26(29)33-7-3)25(24(18-28)27(30)34-8-4)19-10-9-11-22(16-19)32-6-2/h9-18,25H,5-8H2,1-4H3. The van der Waals surface area contributed by atoms with E-state index < -0.39 is 17.9 Å². The van der Waals surface area contributed by atoms with E-state index in [1.165, 1.54) is 0 Å². The molecule has 3 rings (SSSR count). The molecule has 0 radical (unpaired) electrons. The predicted molar refractivity (Wildman–Crippen MR) is 130 cm³/mol. The molecule has 0 N–H and O–H groups in total. The van der Waals surface area contributed by atoms with Gasteiger partial charge in [-0.25, -0.2) is 9.59 Å². The van der Waals surface area contributed by atoms with Gasteiger partial charge in [-0.2, -0.15) is 0 Å². The van der Waals surface area contributed by atoms with Crippen LogP contribution in [0.4, 0.5) is 5.69 Å². The molecule has 0 aromatic heterocycles. The molecule has 1 aliphatic rings. The highest BCUT2D eigenvalue weighted by molar-refractivity contribution is 6.00. The van der Waals surface area contributed by atoms with Crippen molar-refractivity contribution in [3.63, 3.8) is 0 Å². The van der Waals surface area contributed by atoms with Crippen molar-refractivity contribution in [3.8, 4) is 11.5 Å². The molecule has 0 saturated carbocycles. The van der Waals surface area contributed by atoms with Crippen molar-refractivity contribution in [2.45, 2.75) is 33.6 Å². The number of ether oxygens (including phenoxy) is 4. The van der Waals surface area contributed by atoms with Crippen molar-refractivity contribution in [2.24, 2.45) is 0 Å². The molecule has 0 amide bonds. The van der Waals surface area contributed by atoms with Crippen LogP contribution in [0.5, 0.6) is 11.5 Å². The van der Waals surface area contributed by atoms with Crippen LogP contribution < -0.4 is 14.4 Å². The Morgan fingerprint density at radius 2 is 1.29 bits per heavy atom. The minimum absolute atomic E-state index is 0.212. The highest BCUT2D eigenvalue weighted by atomic mass is 16.5. The number of carbonyl (C=O) groups is 2. The molecule has 0 unspecified atom stereocenters. The number of nitrogens with zero attached hydrogens (tertiary/aromatic N) is 1. The number of rotatable bonds is 10. The van der Waals surface area contributed by atoms with Crippen LogP contribution in [0.1, 0.15) is 39.2 Å². The third-order valence-electron chi connectivity index (χ3n) is 5.15. The molecule has 0 fully saturated rings. The Labute approximate surface area is 200 Å². The van der Waals surface area contributed by atoms with Crippen LogP contribution in [0.25, 0.3) is 0 Å². The average molecular weight is 466 g/mol. The lowest BCUT2D eigenvalue weighted by atomic mass is 9.83. The van der Waals surface area contributed by atoms with Gasteiger partial charge in [0.05, 0.1) is 43.5 Å². The molecular formula is C27H31NO6. The Kier molecular flexibility index (Phi) is 8.73. The number of benzene rings is 2. The van der Waals surface area contributed by atoms with Crippen LogP contribution in [-0.2, 0) is 19.1 Å². The van der Waals surface area contributed by atoms with E-state index in [1.54, 1.807) is 31.1 Å². The fourth-order valence-corrected chi connectivity index (χ4v) is 3.76. The lowest BCUT2D eigenvalue weighted by Gasteiger charge is -2.30. The van der Waals surface area contributed by atoms with Crippen LogP contribution in [-0.4, -0.2) is 38.4 Å². The summed E-state index contributed by atoms with van der Waals surface area (Å²) in [7, 11) is 0. The number of carbonyl (C=O) groups excluding carboxylic acids is 2. The molecule has 0 saturated heterocycles. The average Bonchev–Trinajstić information content (AvgIpc) is 2.84. The summed E-state index contributed by atoms with van der Waals surface area (Å²) in [6, 6.07) is 14.8. The molecule has 0 aliphatic carbocycles. The van der Waals surface area contributed by atoms with Crippen molar-refractivity contribution in [1.82, 2.24) is 0 Å². The second kappa shape index (κ2) is 11.9. The number of hydrogen-bond donors (Lipinski definition) is 0. The van der Waals surface area contributed by atoms with E-state index in [0.29, 0.717) is 30.1 Å². The topological polar surface area (TPSA) is 74.3 Å². The van der Waals surface area contributed by atoms with Crippen molar-refractivity contribution in [3.05, 3.63) is 77.6 Å². The van der Waals surface area contributed by atoms with E-state index in [4.69, 9.17) is 18.9 Å². The molecule has 180 valence electrons. The maximum atomic E-state index is 13.1. The highest BCUT2D eigenvalue weighted by Gasteiger charge is 2.36. The van der Waals surface area contributed by atoms with Crippen molar-refractivity contribution >= 4 is 17.6 Å². The molecule has 34 heavy (non-hydrogen) atoms. The van der Waals surface area contributed by atoms with Gasteiger partial charge in [-0.1, -0.05) is 12.1 Å². The molecule has 1 aliphatic heterocycles. The first kappa shape index (κ1) is 24.9. The second-order valence-corrected chi connectivity index (χ2v) is 7.38. The van der Waals surface area contributed by atoms with Crippen molar-refractivity contribution in [2.75, 3.05) is 31.3 Å². The molecule has 2 aromatic rings. The SMILES string of the molecule is CCOC(=O)C1=CN(c2ccc(OCC)cc2)C=C(C(=O)OCC)C1c1cccc(OCC)c1. The molecule has 2 aromatic carbocycles. The molecule has 0 spiro atoms. The van der Waals surface area contributed by atoms with Crippen molar-refractivity contribution in [1.29, 1.82) is 0 Å². The normalized spacial score (nSPS) is 13.6. The zero-order valence-electron chi connectivity index (χ0n) is 20.1. The van der Waals surface area contributed by atoms with Gasteiger partial charge in [0, 0.05) is 18.1 Å². The van der Waals surface area contributed by atoms with E-state index in [0.717, 1.165) is 17.0 Å². The van der Waals surface area contributed by atoms with E-state index in [1.807, 2.05) is 62.4 Å². The molecule has 1 heterocycles. The van der Waals surface area contributed by atoms with E-state index in [9.17, 15) is 9.59 Å². The summed E-state index contributed by atoms with van der Waals surface area (Å²) < 4.78 is 21.9. The summed E-state index contributed by atoms with van der Waals surface area (Å²) in [5.41, 5.74) is 2.15. The Bertz CT molecular complexity index is 1020. The van der Waals surface area contributed by atoms with Crippen LogP contribution in [0.2, 0.25) is 0 Å². The fourth-order valence-electron chi connectivity index (χ4n) is 3.76. The summed E-state index contributed by atoms with van der Waals surface area (Å²) in [5.74, 6) is -0.281. The van der Waals surface area contributed by atoms with Gasteiger partial charge in [0.1, 0.15) is 11.5 Å². The molecule has 7 heteroatoms. The highest BCUT2D eigenvalue weighted by Crippen LogP contribution is 2.39.